The molecule has 0 radical (unpaired) electrons. The Kier molecular flexibility index (Phi) is 11.4. The summed E-state index contributed by atoms with van der Waals surface area (Å²) in [5.41, 5.74) is -1.10. The molecule has 11 nitrogen and oxygen atoms in total. The molecule has 9 unspecified atom stereocenters. The van der Waals surface area contributed by atoms with Crippen LogP contribution in [0.25, 0.3) is 0 Å². The van der Waals surface area contributed by atoms with Crippen molar-refractivity contribution in [3.8, 4) is 0 Å². The monoisotopic (exact) mass is 724 g/mol. The Hall–Kier alpha value is -0.890. The van der Waals surface area contributed by atoms with Crippen LogP contribution >= 0.6 is 0 Å². The summed E-state index contributed by atoms with van der Waals surface area (Å²) in [6.07, 6.45) is 5.85. The van der Waals surface area contributed by atoms with Crippen molar-refractivity contribution in [2.45, 2.75) is 192 Å². The van der Waals surface area contributed by atoms with E-state index in [9.17, 15) is 20.1 Å². The Morgan fingerprint density at radius 2 is 1.59 bits per heavy atom. The Balaban J connectivity index is 1.13. The fourth-order valence-electron chi connectivity index (χ4n) is 11.3. The second kappa shape index (κ2) is 14.6. The molecule has 6 saturated heterocycles. The lowest BCUT2D eigenvalue weighted by atomic mass is 9.78. The summed E-state index contributed by atoms with van der Waals surface area (Å²) >= 11 is 0. The van der Waals surface area contributed by atoms with Crippen LogP contribution < -0.4 is 0 Å². The average Bonchev–Trinajstić information content (AvgIpc) is 3.75. The fourth-order valence-corrected chi connectivity index (χ4v) is 11.3. The molecule has 0 amide bonds. The van der Waals surface area contributed by atoms with Crippen LogP contribution in [-0.4, -0.2) is 107 Å². The smallest absolute Gasteiger partial charge is 0.308 e. The molecule has 0 aliphatic carbocycles. The van der Waals surface area contributed by atoms with E-state index < -0.39 is 41.3 Å². The largest absolute Gasteiger partial charge is 0.481 e. The highest BCUT2D eigenvalue weighted by molar-refractivity contribution is 5.70. The number of aliphatic hydroxyl groups excluding tert-OH is 1. The summed E-state index contributed by atoms with van der Waals surface area (Å²) < 4.78 is 47.0. The number of carbonyl (C=O) groups is 1. The lowest BCUT2D eigenvalue weighted by Crippen LogP contribution is -2.58. The Bertz CT molecular complexity index is 1230. The molecular weight excluding hydrogens is 656 g/mol. The van der Waals surface area contributed by atoms with Gasteiger partial charge in [0.2, 0.25) is 0 Å². The quantitative estimate of drug-likeness (QED) is 0.269. The molecule has 6 aliphatic heterocycles. The number of hydrogen-bond acceptors (Lipinski definition) is 10. The Labute approximate surface area is 305 Å². The first-order valence-electron chi connectivity index (χ1n) is 20.0. The van der Waals surface area contributed by atoms with Crippen molar-refractivity contribution in [3.63, 3.8) is 0 Å². The summed E-state index contributed by atoms with van der Waals surface area (Å²) in [6, 6.07) is 0. The maximum absolute atomic E-state index is 11.8. The van der Waals surface area contributed by atoms with Gasteiger partial charge in [-0.3, -0.25) is 4.79 Å². The van der Waals surface area contributed by atoms with Crippen LogP contribution in [0.5, 0.6) is 0 Å². The van der Waals surface area contributed by atoms with E-state index in [4.69, 9.17) is 33.2 Å². The molecule has 0 aromatic carbocycles. The molecule has 6 heterocycles. The molecule has 0 bridgehead atoms. The molecule has 294 valence electrons. The molecule has 19 atom stereocenters. The second-order valence-electron chi connectivity index (χ2n) is 18.4. The maximum Gasteiger partial charge on any atom is 0.308 e. The molecule has 0 saturated carbocycles. The van der Waals surface area contributed by atoms with E-state index in [0.29, 0.717) is 6.42 Å². The van der Waals surface area contributed by atoms with Crippen molar-refractivity contribution in [2.24, 2.45) is 41.4 Å². The third kappa shape index (κ3) is 7.19. The highest BCUT2D eigenvalue weighted by atomic mass is 16.7. The van der Waals surface area contributed by atoms with Gasteiger partial charge in [-0.15, -0.1) is 0 Å². The minimum atomic E-state index is -1.55. The number of rotatable bonds is 9. The number of ether oxygens (including phenoxy) is 7. The zero-order valence-electron chi connectivity index (χ0n) is 32.8. The normalized spacial score (nSPS) is 54.2. The number of aliphatic hydroxyl groups is 2. The molecule has 51 heavy (non-hydrogen) atoms. The van der Waals surface area contributed by atoms with E-state index in [1.807, 2.05) is 6.92 Å². The predicted molar refractivity (Wildman–Crippen MR) is 189 cm³/mol. The minimum absolute atomic E-state index is 0.00727. The van der Waals surface area contributed by atoms with Gasteiger partial charge >= 0.3 is 5.97 Å². The Morgan fingerprint density at radius 1 is 0.863 bits per heavy atom. The highest BCUT2D eigenvalue weighted by Gasteiger charge is 2.65. The molecule has 6 aliphatic rings. The van der Waals surface area contributed by atoms with E-state index in [-0.39, 0.29) is 84.3 Å². The van der Waals surface area contributed by atoms with Gasteiger partial charge in [-0.2, -0.15) is 0 Å². The first-order chi connectivity index (χ1) is 23.9. The molecule has 11 heteroatoms. The van der Waals surface area contributed by atoms with Crippen molar-refractivity contribution >= 4 is 5.97 Å². The van der Waals surface area contributed by atoms with Gasteiger partial charge in [-0.05, 0) is 83.5 Å². The summed E-state index contributed by atoms with van der Waals surface area (Å²) in [6.45, 7) is 18.4. The van der Waals surface area contributed by atoms with E-state index >= 15 is 0 Å². The third-order valence-electron chi connectivity index (χ3n) is 14.4. The van der Waals surface area contributed by atoms with Crippen molar-refractivity contribution in [2.75, 3.05) is 13.7 Å². The molecule has 3 N–H and O–H groups in total. The van der Waals surface area contributed by atoms with Gasteiger partial charge in [-0.1, -0.05) is 41.5 Å². The number of carboxylic acids is 1. The lowest BCUT2D eigenvalue weighted by Gasteiger charge is -2.50. The molecule has 6 fully saturated rings. The van der Waals surface area contributed by atoms with E-state index in [2.05, 4.69) is 48.5 Å². The SMILES string of the molecule is COC1CC(C[C@@H]2CCC(C)[C@@H](C(C)C(=O)O)O2)O[C@]2(O[C@](C)([C@H]3CC[C@@](C)([C@@H]4O[C@H]([C@@H]5O[C@@](O)(CO)C(C)CC5C)CC4C)O3)CC2C)C1C. The molecule has 6 rings (SSSR count). The van der Waals surface area contributed by atoms with Crippen LogP contribution in [0.1, 0.15) is 120 Å². The van der Waals surface area contributed by atoms with Crippen LogP contribution in [0.3, 0.4) is 0 Å². The zero-order valence-corrected chi connectivity index (χ0v) is 32.8. The van der Waals surface area contributed by atoms with Crippen LogP contribution in [0.4, 0.5) is 0 Å². The second-order valence-corrected chi connectivity index (χ2v) is 18.4. The first-order valence-corrected chi connectivity index (χ1v) is 20.0. The summed E-state index contributed by atoms with van der Waals surface area (Å²) in [5.74, 6) is -3.26. The number of aliphatic carboxylic acids is 1. The van der Waals surface area contributed by atoms with Crippen LogP contribution in [0, 0.1) is 41.4 Å². The Morgan fingerprint density at radius 3 is 2.25 bits per heavy atom. The van der Waals surface area contributed by atoms with Crippen molar-refractivity contribution in [1.82, 2.24) is 0 Å². The van der Waals surface area contributed by atoms with Crippen molar-refractivity contribution in [1.29, 1.82) is 0 Å². The van der Waals surface area contributed by atoms with Crippen molar-refractivity contribution in [3.05, 3.63) is 0 Å². The van der Waals surface area contributed by atoms with E-state index in [0.717, 1.165) is 51.4 Å². The molecule has 0 aromatic heterocycles. The standard InChI is InChI=1S/C40H68O11/c1-21-11-12-28(46-33(21)26(6)36(42)43)17-29-18-30(45-10)27(7)40(48-29)25(5)19-38(9,51-40)32-13-14-37(8,49-32)35-23(3)16-31(47-35)34-22(2)15-24(4)39(44,20-41)50-34/h21-35,41,44H,11-20H2,1-10H3,(H,42,43)/t21?,22?,23?,24?,25?,26?,27?,28-,29?,30?,31-,32+,33-,34+,35+,37-,38-,39-,40+/m0/s1. The highest BCUT2D eigenvalue weighted by Crippen LogP contribution is 2.57. The summed E-state index contributed by atoms with van der Waals surface area (Å²) in [5, 5.41) is 30.7. The van der Waals surface area contributed by atoms with Crippen LogP contribution in [0.2, 0.25) is 0 Å². The van der Waals surface area contributed by atoms with Crippen LogP contribution in [0.15, 0.2) is 0 Å². The number of hydrogen-bond donors (Lipinski definition) is 3. The van der Waals surface area contributed by atoms with Gasteiger partial charge in [0.25, 0.3) is 0 Å². The number of carboxylic acid groups (broad SMARTS) is 1. The summed E-state index contributed by atoms with van der Waals surface area (Å²) in [7, 11) is 1.77. The predicted octanol–water partition coefficient (Wildman–Crippen LogP) is 5.71. The lowest BCUT2D eigenvalue weighted by molar-refractivity contribution is -0.353. The average molecular weight is 725 g/mol. The zero-order chi connectivity index (χ0) is 37.3. The maximum atomic E-state index is 11.8. The van der Waals surface area contributed by atoms with Crippen molar-refractivity contribution < 1.29 is 53.3 Å². The molecular formula is C40H68O11. The minimum Gasteiger partial charge on any atom is -0.481 e. The van der Waals surface area contributed by atoms with Gasteiger partial charge in [-0.25, -0.2) is 0 Å². The van der Waals surface area contributed by atoms with Gasteiger partial charge in [0, 0.05) is 37.7 Å². The van der Waals surface area contributed by atoms with Crippen LogP contribution in [-0.2, 0) is 38.0 Å². The molecule has 0 aromatic rings. The van der Waals surface area contributed by atoms with E-state index in [1.165, 1.54) is 0 Å². The van der Waals surface area contributed by atoms with E-state index in [1.54, 1.807) is 14.0 Å². The third-order valence-corrected chi connectivity index (χ3v) is 14.4. The number of methoxy groups -OCH3 is 1. The van der Waals surface area contributed by atoms with Gasteiger partial charge in [0.05, 0.1) is 72.6 Å². The topological polar surface area (TPSA) is 142 Å². The van der Waals surface area contributed by atoms with Gasteiger partial charge < -0.3 is 48.5 Å². The fraction of sp³-hybridized carbons (Fsp3) is 0.975. The summed E-state index contributed by atoms with van der Waals surface area (Å²) in [4.78, 5) is 11.8. The first kappa shape index (κ1) is 39.8. The van der Waals surface area contributed by atoms with Gasteiger partial charge in [0.1, 0.15) is 0 Å². The molecule has 1 spiro atoms. The van der Waals surface area contributed by atoms with Gasteiger partial charge in [0.15, 0.2) is 11.6 Å².